The summed E-state index contributed by atoms with van der Waals surface area (Å²) in [4.78, 5) is 12.3. The topological polar surface area (TPSA) is 67.2 Å². The lowest BCUT2D eigenvalue weighted by atomic mass is 10.0. The van der Waals surface area contributed by atoms with Crippen LogP contribution in [-0.4, -0.2) is 17.1 Å². The largest absolute Gasteiger partial charge is 0.360 e. The number of hydrogen-bond acceptors (Lipinski definition) is 4. The number of amides is 1. The normalized spacial score (nSPS) is 16.8. The zero-order valence-electron chi connectivity index (χ0n) is 13.2. The summed E-state index contributed by atoms with van der Waals surface area (Å²) >= 11 is 5.96. The Morgan fingerprint density at radius 3 is 2.61 bits per heavy atom. The van der Waals surface area contributed by atoms with Crippen molar-refractivity contribution < 1.29 is 9.32 Å². The quantitative estimate of drug-likeness (QED) is 0.845. The second-order valence-electron chi connectivity index (χ2n) is 6.07. The lowest BCUT2D eigenvalue weighted by molar-refractivity contribution is -0.118. The number of hydrogen-bond donors (Lipinski definition) is 2. The molecule has 0 radical (unpaired) electrons. The second-order valence-corrected chi connectivity index (χ2v) is 6.50. The van der Waals surface area contributed by atoms with E-state index in [1.54, 1.807) is 13.0 Å². The molecular formula is C17H20ClN3O2. The number of benzene rings is 1. The van der Waals surface area contributed by atoms with Gasteiger partial charge in [-0.1, -0.05) is 28.9 Å². The van der Waals surface area contributed by atoms with E-state index in [4.69, 9.17) is 16.1 Å². The fraction of sp³-hybridized carbons (Fsp3) is 0.412. The molecule has 1 aliphatic rings. The molecule has 5 nitrogen and oxygen atoms in total. The van der Waals surface area contributed by atoms with Crippen LogP contribution < -0.4 is 10.6 Å². The van der Waals surface area contributed by atoms with Gasteiger partial charge in [0.25, 0.3) is 0 Å². The minimum Gasteiger partial charge on any atom is -0.360 e. The monoisotopic (exact) mass is 333 g/mol. The van der Waals surface area contributed by atoms with Crippen molar-refractivity contribution in [3.8, 4) is 0 Å². The Hall–Kier alpha value is -1.85. The number of rotatable bonds is 6. The Kier molecular flexibility index (Phi) is 4.68. The van der Waals surface area contributed by atoms with Crippen molar-refractivity contribution in [1.82, 2.24) is 10.5 Å². The standard InChI is InChI=1S/C17H20ClN3O2/c1-10-9-15(21-23-10)20-17(22)11(2)19-16(12-3-4-12)13-5-7-14(18)8-6-13/h5-9,11-12,16,19H,3-4H2,1-2H3,(H,20,21,22). The molecule has 2 N–H and O–H groups in total. The van der Waals surface area contributed by atoms with E-state index in [1.165, 1.54) is 12.8 Å². The molecule has 1 aromatic heterocycles. The number of aromatic nitrogens is 1. The van der Waals surface area contributed by atoms with E-state index < -0.39 is 0 Å². The van der Waals surface area contributed by atoms with E-state index >= 15 is 0 Å². The Balaban J connectivity index is 1.65. The Morgan fingerprint density at radius 2 is 2.04 bits per heavy atom. The molecule has 2 unspecified atom stereocenters. The fourth-order valence-corrected chi connectivity index (χ4v) is 2.73. The van der Waals surface area contributed by atoms with Gasteiger partial charge < -0.3 is 9.84 Å². The highest BCUT2D eigenvalue weighted by atomic mass is 35.5. The molecule has 2 aromatic rings. The summed E-state index contributed by atoms with van der Waals surface area (Å²) in [6, 6.07) is 9.32. The average Bonchev–Trinajstić information content (AvgIpc) is 3.29. The third-order valence-corrected chi connectivity index (χ3v) is 4.28. The summed E-state index contributed by atoms with van der Waals surface area (Å²) in [5.74, 6) is 1.55. The predicted octanol–water partition coefficient (Wildman–Crippen LogP) is 3.70. The lowest BCUT2D eigenvalue weighted by Gasteiger charge is -2.23. The van der Waals surface area contributed by atoms with Crippen molar-refractivity contribution in [2.75, 3.05) is 5.32 Å². The van der Waals surface area contributed by atoms with E-state index in [0.717, 1.165) is 10.6 Å². The van der Waals surface area contributed by atoms with Crippen LogP contribution in [0.15, 0.2) is 34.9 Å². The third-order valence-electron chi connectivity index (χ3n) is 4.02. The summed E-state index contributed by atoms with van der Waals surface area (Å²) in [6.45, 7) is 3.64. The molecule has 2 atom stereocenters. The number of nitrogens with one attached hydrogen (secondary N) is 2. The number of nitrogens with zero attached hydrogens (tertiary/aromatic N) is 1. The highest BCUT2D eigenvalue weighted by Crippen LogP contribution is 2.41. The number of halogens is 1. The molecule has 1 aliphatic carbocycles. The van der Waals surface area contributed by atoms with Crippen LogP contribution in [-0.2, 0) is 4.79 Å². The van der Waals surface area contributed by atoms with Gasteiger partial charge >= 0.3 is 0 Å². The molecule has 0 bridgehead atoms. The van der Waals surface area contributed by atoms with Crippen LogP contribution in [0.4, 0.5) is 5.82 Å². The van der Waals surface area contributed by atoms with Gasteiger partial charge in [0.05, 0.1) is 6.04 Å². The molecule has 122 valence electrons. The summed E-state index contributed by atoms with van der Waals surface area (Å²) in [5.41, 5.74) is 1.16. The summed E-state index contributed by atoms with van der Waals surface area (Å²) in [5, 5.41) is 10.7. The van der Waals surface area contributed by atoms with Gasteiger partial charge in [-0.15, -0.1) is 0 Å². The molecule has 23 heavy (non-hydrogen) atoms. The van der Waals surface area contributed by atoms with Crippen molar-refractivity contribution in [2.24, 2.45) is 5.92 Å². The Bertz CT molecular complexity index is 679. The zero-order chi connectivity index (χ0) is 16.4. The van der Waals surface area contributed by atoms with E-state index in [9.17, 15) is 4.79 Å². The van der Waals surface area contributed by atoms with Gasteiger partial charge in [0.15, 0.2) is 5.82 Å². The first-order valence-corrected chi connectivity index (χ1v) is 8.16. The molecule has 1 aromatic carbocycles. The predicted molar refractivity (Wildman–Crippen MR) is 89.4 cm³/mol. The van der Waals surface area contributed by atoms with Gasteiger partial charge in [-0.2, -0.15) is 0 Å². The van der Waals surface area contributed by atoms with Crippen LogP contribution in [0.2, 0.25) is 5.02 Å². The maximum atomic E-state index is 12.3. The molecule has 1 saturated carbocycles. The van der Waals surface area contributed by atoms with Crippen LogP contribution in [0.5, 0.6) is 0 Å². The maximum Gasteiger partial charge on any atom is 0.242 e. The highest BCUT2D eigenvalue weighted by molar-refractivity contribution is 6.30. The van der Waals surface area contributed by atoms with Crippen molar-refractivity contribution in [3.05, 3.63) is 46.7 Å². The molecule has 0 aliphatic heterocycles. The van der Waals surface area contributed by atoms with Gasteiger partial charge in [0, 0.05) is 17.1 Å². The minimum atomic E-state index is -0.340. The Labute approximate surface area is 140 Å². The SMILES string of the molecule is Cc1cc(NC(=O)C(C)NC(c2ccc(Cl)cc2)C2CC2)no1. The molecule has 0 saturated heterocycles. The smallest absolute Gasteiger partial charge is 0.242 e. The van der Waals surface area contributed by atoms with E-state index in [0.29, 0.717) is 17.5 Å². The fourth-order valence-electron chi connectivity index (χ4n) is 2.61. The van der Waals surface area contributed by atoms with Gasteiger partial charge in [0.2, 0.25) is 5.91 Å². The maximum absolute atomic E-state index is 12.3. The minimum absolute atomic E-state index is 0.127. The Morgan fingerprint density at radius 1 is 1.35 bits per heavy atom. The second kappa shape index (κ2) is 6.72. The van der Waals surface area contributed by atoms with Crippen molar-refractivity contribution in [1.29, 1.82) is 0 Å². The van der Waals surface area contributed by atoms with Gasteiger partial charge in [-0.05, 0) is 50.3 Å². The third kappa shape index (κ3) is 4.12. The van der Waals surface area contributed by atoms with Crippen LogP contribution in [0.3, 0.4) is 0 Å². The van der Waals surface area contributed by atoms with Gasteiger partial charge in [-0.25, -0.2) is 0 Å². The highest BCUT2D eigenvalue weighted by Gasteiger charge is 2.34. The van der Waals surface area contributed by atoms with Crippen LogP contribution in [0.25, 0.3) is 0 Å². The summed E-state index contributed by atoms with van der Waals surface area (Å²) < 4.78 is 4.96. The van der Waals surface area contributed by atoms with Gasteiger partial charge in [-0.3, -0.25) is 10.1 Å². The first-order valence-electron chi connectivity index (χ1n) is 7.78. The van der Waals surface area contributed by atoms with Crippen molar-refractivity contribution >= 4 is 23.3 Å². The average molecular weight is 334 g/mol. The number of carbonyl (C=O) groups excluding carboxylic acids is 1. The summed E-state index contributed by atoms with van der Waals surface area (Å²) in [6.07, 6.45) is 2.36. The van der Waals surface area contributed by atoms with Crippen LogP contribution in [0, 0.1) is 12.8 Å². The first-order chi connectivity index (χ1) is 11.0. The zero-order valence-corrected chi connectivity index (χ0v) is 13.9. The van der Waals surface area contributed by atoms with E-state index in [1.807, 2.05) is 31.2 Å². The van der Waals surface area contributed by atoms with Gasteiger partial charge in [0.1, 0.15) is 5.76 Å². The molecular weight excluding hydrogens is 314 g/mol. The van der Waals surface area contributed by atoms with Crippen LogP contribution >= 0.6 is 11.6 Å². The lowest BCUT2D eigenvalue weighted by Crippen LogP contribution is -2.41. The van der Waals surface area contributed by atoms with Crippen molar-refractivity contribution in [2.45, 2.75) is 38.8 Å². The molecule has 6 heteroatoms. The van der Waals surface area contributed by atoms with Crippen molar-refractivity contribution in [3.63, 3.8) is 0 Å². The summed E-state index contributed by atoms with van der Waals surface area (Å²) in [7, 11) is 0. The van der Waals surface area contributed by atoms with Crippen LogP contribution in [0.1, 0.15) is 37.1 Å². The molecule has 0 spiro atoms. The number of carbonyl (C=O) groups is 1. The van der Waals surface area contributed by atoms with E-state index in [2.05, 4.69) is 15.8 Å². The number of anilines is 1. The van der Waals surface area contributed by atoms with E-state index in [-0.39, 0.29) is 18.0 Å². The molecule has 1 heterocycles. The molecule has 3 rings (SSSR count). The molecule has 1 fully saturated rings. The molecule has 1 amide bonds. The first kappa shape index (κ1) is 16.0. The number of aryl methyl sites for hydroxylation is 1.